The minimum atomic E-state index is 0.420. The predicted octanol–water partition coefficient (Wildman–Crippen LogP) is 6.84. The zero-order valence-electron chi connectivity index (χ0n) is 18.5. The molecule has 0 aromatic heterocycles. The lowest BCUT2D eigenvalue weighted by atomic mass is 10.0. The summed E-state index contributed by atoms with van der Waals surface area (Å²) in [6, 6.07) is 32.5. The molecule has 0 aliphatic rings. The van der Waals surface area contributed by atoms with Crippen LogP contribution in [0.15, 0.2) is 91.0 Å². The molecule has 0 aliphatic carbocycles. The van der Waals surface area contributed by atoms with Gasteiger partial charge >= 0.3 is 0 Å². The highest BCUT2D eigenvalue weighted by molar-refractivity contribution is 5.87. The summed E-state index contributed by atoms with van der Waals surface area (Å²) in [6.07, 6.45) is 2.19. The Morgan fingerprint density at radius 3 is 2.42 bits per heavy atom. The number of benzene rings is 4. The topological polar surface area (TPSA) is 21.3 Å². The summed E-state index contributed by atoms with van der Waals surface area (Å²) >= 11 is 0. The van der Waals surface area contributed by atoms with E-state index in [1.807, 2.05) is 0 Å². The summed E-state index contributed by atoms with van der Waals surface area (Å²) in [5, 5.41) is 6.23. The zero-order chi connectivity index (χ0) is 21.5. The van der Waals surface area contributed by atoms with Crippen LogP contribution in [0.2, 0.25) is 0 Å². The van der Waals surface area contributed by atoms with E-state index in [9.17, 15) is 0 Å². The third-order valence-electron chi connectivity index (χ3n) is 5.81. The quantitative estimate of drug-likeness (QED) is 0.327. The highest BCUT2D eigenvalue weighted by atomic mass is 16.5. The number of rotatable bonds is 9. The summed E-state index contributed by atoms with van der Waals surface area (Å²) in [4.78, 5) is 0. The molecule has 0 saturated heterocycles. The van der Waals surface area contributed by atoms with E-state index in [1.54, 1.807) is 0 Å². The SMILES string of the molecule is Cc1cccc(COc2ccc3ccccc3c2CNC(C)CCc2ccccc2)c1. The smallest absolute Gasteiger partial charge is 0.124 e. The predicted molar refractivity (Wildman–Crippen MR) is 131 cm³/mol. The van der Waals surface area contributed by atoms with Crippen molar-refractivity contribution in [2.45, 2.75) is 45.9 Å². The molecule has 0 fully saturated rings. The van der Waals surface area contributed by atoms with Gasteiger partial charge in [0.15, 0.2) is 0 Å². The van der Waals surface area contributed by atoms with Gasteiger partial charge in [-0.15, -0.1) is 0 Å². The Kier molecular flexibility index (Phi) is 7.01. The van der Waals surface area contributed by atoms with E-state index < -0.39 is 0 Å². The molecule has 0 spiro atoms. The van der Waals surface area contributed by atoms with Crippen molar-refractivity contribution in [3.8, 4) is 5.75 Å². The Morgan fingerprint density at radius 1 is 0.806 bits per heavy atom. The fraction of sp³-hybridized carbons (Fsp3) is 0.241. The normalized spacial score (nSPS) is 12.1. The maximum atomic E-state index is 6.31. The Labute approximate surface area is 185 Å². The third-order valence-corrected chi connectivity index (χ3v) is 5.81. The van der Waals surface area contributed by atoms with Gasteiger partial charge in [-0.25, -0.2) is 0 Å². The van der Waals surface area contributed by atoms with Crippen molar-refractivity contribution < 1.29 is 4.74 Å². The van der Waals surface area contributed by atoms with Gasteiger partial charge in [-0.1, -0.05) is 90.5 Å². The van der Waals surface area contributed by atoms with E-state index in [0.717, 1.165) is 25.1 Å². The second kappa shape index (κ2) is 10.3. The number of ether oxygens (including phenoxy) is 1. The second-order valence-corrected chi connectivity index (χ2v) is 8.35. The molecule has 4 aromatic rings. The Morgan fingerprint density at radius 2 is 1.58 bits per heavy atom. The van der Waals surface area contributed by atoms with Crippen LogP contribution in [0.1, 0.15) is 35.6 Å². The van der Waals surface area contributed by atoms with Crippen LogP contribution in [0.3, 0.4) is 0 Å². The first-order valence-corrected chi connectivity index (χ1v) is 11.2. The van der Waals surface area contributed by atoms with Crippen molar-refractivity contribution in [2.75, 3.05) is 0 Å². The summed E-state index contributed by atoms with van der Waals surface area (Å²) in [7, 11) is 0. The largest absolute Gasteiger partial charge is 0.489 e. The van der Waals surface area contributed by atoms with Gasteiger partial charge in [0.25, 0.3) is 0 Å². The third kappa shape index (κ3) is 5.74. The molecule has 158 valence electrons. The Balaban J connectivity index is 1.47. The van der Waals surface area contributed by atoms with Crippen molar-refractivity contribution in [3.63, 3.8) is 0 Å². The highest BCUT2D eigenvalue weighted by Crippen LogP contribution is 2.29. The Bertz CT molecular complexity index is 1120. The fourth-order valence-corrected chi connectivity index (χ4v) is 4.00. The molecule has 0 saturated carbocycles. The van der Waals surface area contributed by atoms with Gasteiger partial charge in [-0.2, -0.15) is 0 Å². The van der Waals surface area contributed by atoms with Gasteiger partial charge in [-0.3, -0.25) is 0 Å². The van der Waals surface area contributed by atoms with Crippen LogP contribution in [0.4, 0.5) is 0 Å². The first-order chi connectivity index (χ1) is 15.2. The molecule has 0 amide bonds. The van der Waals surface area contributed by atoms with Gasteiger partial charge in [-0.05, 0) is 54.7 Å². The molecule has 1 N–H and O–H groups in total. The van der Waals surface area contributed by atoms with Crippen LogP contribution in [-0.4, -0.2) is 6.04 Å². The molecule has 1 atom stereocenters. The number of aryl methyl sites for hydroxylation is 2. The number of fused-ring (bicyclic) bond motifs is 1. The van der Waals surface area contributed by atoms with Crippen LogP contribution in [0, 0.1) is 6.92 Å². The number of hydrogen-bond acceptors (Lipinski definition) is 2. The van der Waals surface area contributed by atoms with Gasteiger partial charge < -0.3 is 10.1 Å². The van der Waals surface area contributed by atoms with E-state index in [2.05, 4.69) is 110 Å². The van der Waals surface area contributed by atoms with Crippen LogP contribution in [-0.2, 0) is 19.6 Å². The van der Waals surface area contributed by atoms with Crippen molar-refractivity contribution in [3.05, 3.63) is 113 Å². The molecule has 2 nitrogen and oxygen atoms in total. The van der Waals surface area contributed by atoms with E-state index in [1.165, 1.54) is 33.0 Å². The maximum Gasteiger partial charge on any atom is 0.124 e. The number of nitrogens with one attached hydrogen (secondary N) is 1. The van der Waals surface area contributed by atoms with E-state index >= 15 is 0 Å². The first-order valence-electron chi connectivity index (χ1n) is 11.2. The molecule has 0 heterocycles. The summed E-state index contributed by atoms with van der Waals surface area (Å²) in [5.41, 5.74) is 5.08. The molecule has 1 unspecified atom stereocenters. The van der Waals surface area contributed by atoms with E-state index in [4.69, 9.17) is 4.74 Å². The first kappa shape index (κ1) is 21.1. The maximum absolute atomic E-state index is 6.31. The van der Waals surface area contributed by atoms with Crippen molar-refractivity contribution >= 4 is 10.8 Å². The minimum Gasteiger partial charge on any atom is -0.489 e. The molecule has 31 heavy (non-hydrogen) atoms. The minimum absolute atomic E-state index is 0.420. The average Bonchev–Trinajstić information content (AvgIpc) is 2.81. The average molecular weight is 410 g/mol. The second-order valence-electron chi connectivity index (χ2n) is 8.35. The van der Waals surface area contributed by atoms with E-state index in [-0.39, 0.29) is 0 Å². The lowest BCUT2D eigenvalue weighted by Gasteiger charge is -2.18. The van der Waals surface area contributed by atoms with Crippen molar-refractivity contribution in [1.82, 2.24) is 5.32 Å². The molecule has 0 aliphatic heterocycles. The molecule has 2 heteroatoms. The van der Waals surface area contributed by atoms with Crippen LogP contribution in [0.25, 0.3) is 10.8 Å². The summed E-state index contributed by atoms with van der Waals surface area (Å²) < 4.78 is 6.31. The highest BCUT2D eigenvalue weighted by Gasteiger charge is 2.11. The Hall–Kier alpha value is -3.10. The standard InChI is InChI=1S/C29H31NO/c1-22-9-8-12-25(19-22)21-31-29-18-17-26-13-6-7-14-27(26)28(29)20-30-23(2)15-16-24-10-4-3-5-11-24/h3-14,17-19,23,30H,15-16,20-21H2,1-2H3. The zero-order valence-corrected chi connectivity index (χ0v) is 18.5. The molecular weight excluding hydrogens is 378 g/mol. The molecule has 4 aromatic carbocycles. The summed E-state index contributed by atoms with van der Waals surface area (Å²) in [6.45, 7) is 5.75. The van der Waals surface area contributed by atoms with Gasteiger partial charge in [0.2, 0.25) is 0 Å². The lowest BCUT2D eigenvalue weighted by molar-refractivity contribution is 0.302. The molecule has 0 bridgehead atoms. The molecule has 0 radical (unpaired) electrons. The lowest BCUT2D eigenvalue weighted by Crippen LogP contribution is -2.26. The van der Waals surface area contributed by atoms with Crippen molar-refractivity contribution in [1.29, 1.82) is 0 Å². The van der Waals surface area contributed by atoms with Gasteiger partial charge in [0.1, 0.15) is 12.4 Å². The van der Waals surface area contributed by atoms with Gasteiger partial charge in [0.05, 0.1) is 0 Å². The summed E-state index contributed by atoms with van der Waals surface area (Å²) in [5.74, 6) is 0.961. The van der Waals surface area contributed by atoms with Gasteiger partial charge in [0, 0.05) is 18.2 Å². The number of hydrogen-bond donors (Lipinski definition) is 1. The van der Waals surface area contributed by atoms with Crippen LogP contribution >= 0.6 is 0 Å². The van der Waals surface area contributed by atoms with Crippen molar-refractivity contribution in [2.24, 2.45) is 0 Å². The monoisotopic (exact) mass is 409 g/mol. The fourth-order valence-electron chi connectivity index (χ4n) is 4.00. The molecule has 4 rings (SSSR count). The van der Waals surface area contributed by atoms with Crippen LogP contribution < -0.4 is 10.1 Å². The molecular formula is C29H31NO. The van der Waals surface area contributed by atoms with Crippen LogP contribution in [0.5, 0.6) is 5.75 Å². The van der Waals surface area contributed by atoms with E-state index in [0.29, 0.717) is 12.6 Å².